The van der Waals surface area contributed by atoms with Crippen molar-refractivity contribution in [1.29, 1.82) is 0 Å². The van der Waals surface area contributed by atoms with Crippen LogP contribution in [0.2, 0.25) is 0 Å². The van der Waals surface area contributed by atoms with E-state index in [4.69, 9.17) is 0 Å². The Morgan fingerprint density at radius 3 is 2.22 bits per heavy atom. The van der Waals surface area contributed by atoms with Gasteiger partial charge in [0.2, 0.25) is 0 Å². The van der Waals surface area contributed by atoms with Crippen molar-refractivity contribution in [3.63, 3.8) is 0 Å². The number of hydrogen-bond donors (Lipinski definition) is 2. The van der Waals surface area contributed by atoms with Crippen molar-refractivity contribution in [1.82, 2.24) is 15.5 Å². The van der Waals surface area contributed by atoms with Crippen molar-refractivity contribution in [3.8, 4) is 0 Å². The molecule has 2 N–H and O–H groups in total. The number of carbonyl (C=O) groups excluding carboxylic acids is 2. The normalized spacial score (nSPS) is 14.6. The Balaban J connectivity index is 1.33. The zero-order valence-electron chi connectivity index (χ0n) is 15.6. The summed E-state index contributed by atoms with van der Waals surface area (Å²) in [6.07, 6.45) is 3.47. The molecule has 2 aromatic rings. The van der Waals surface area contributed by atoms with E-state index in [-0.39, 0.29) is 18.0 Å². The molecule has 142 valence electrons. The molecule has 0 bridgehead atoms. The van der Waals surface area contributed by atoms with E-state index >= 15 is 0 Å². The highest BCUT2D eigenvalue weighted by atomic mass is 16.2. The molecule has 5 heteroatoms. The van der Waals surface area contributed by atoms with Crippen LogP contribution in [-0.2, 0) is 6.42 Å². The molecule has 3 rings (SSSR count). The van der Waals surface area contributed by atoms with Gasteiger partial charge in [0, 0.05) is 31.2 Å². The van der Waals surface area contributed by atoms with Crippen LogP contribution in [0.15, 0.2) is 60.7 Å². The number of carbonyl (C=O) groups is 2. The summed E-state index contributed by atoms with van der Waals surface area (Å²) in [6, 6.07) is 19.7. The first-order valence-corrected chi connectivity index (χ1v) is 9.65. The van der Waals surface area contributed by atoms with Crippen molar-refractivity contribution >= 4 is 11.9 Å². The molecule has 2 aromatic carbocycles. The summed E-state index contributed by atoms with van der Waals surface area (Å²) < 4.78 is 0. The number of benzene rings is 2. The molecule has 27 heavy (non-hydrogen) atoms. The molecule has 0 radical (unpaired) electrons. The van der Waals surface area contributed by atoms with Crippen LogP contribution in [0.4, 0.5) is 4.79 Å². The lowest BCUT2D eigenvalue weighted by atomic mass is 10.0. The highest BCUT2D eigenvalue weighted by Gasteiger charge is 2.23. The molecular weight excluding hydrogens is 338 g/mol. The van der Waals surface area contributed by atoms with Crippen molar-refractivity contribution in [3.05, 3.63) is 71.8 Å². The lowest BCUT2D eigenvalue weighted by Gasteiger charge is -2.32. The molecule has 1 saturated heterocycles. The summed E-state index contributed by atoms with van der Waals surface area (Å²) in [4.78, 5) is 26.3. The Kier molecular flexibility index (Phi) is 6.85. The average molecular weight is 365 g/mol. The molecular formula is C22H27N3O2. The van der Waals surface area contributed by atoms with E-state index < -0.39 is 0 Å². The minimum atomic E-state index is -0.0422. The standard InChI is InChI=1S/C22H27N3O2/c26-21(19-11-5-2-6-12-19)24-20-13-16-25(17-14-20)22(27)23-15-7-10-18-8-3-1-4-9-18/h1-6,8-9,11-12,20H,7,10,13-17H2,(H,23,27)(H,24,26). The third kappa shape index (κ3) is 5.84. The number of piperidine rings is 1. The molecule has 0 aliphatic carbocycles. The quantitative estimate of drug-likeness (QED) is 0.772. The fraction of sp³-hybridized carbons (Fsp3) is 0.364. The monoisotopic (exact) mass is 365 g/mol. The van der Waals surface area contributed by atoms with Gasteiger partial charge < -0.3 is 15.5 Å². The molecule has 1 aliphatic rings. The second kappa shape index (κ2) is 9.76. The molecule has 1 fully saturated rings. The fourth-order valence-electron chi connectivity index (χ4n) is 3.33. The first-order chi connectivity index (χ1) is 13.2. The van der Waals surface area contributed by atoms with Gasteiger partial charge in [-0.15, -0.1) is 0 Å². The van der Waals surface area contributed by atoms with Crippen molar-refractivity contribution in [2.45, 2.75) is 31.7 Å². The van der Waals surface area contributed by atoms with E-state index in [1.807, 2.05) is 53.4 Å². The van der Waals surface area contributed by atoms with Gasteiger partial charge in [0.15, 0.2) is 0 Å². The first kappa shape index (κ1) is 19.0. The van der Waals surface area contributed by atoms with Gasteiger partial charge in [0.25, 0.3) is 5.91 Å². The first-order valence-electron chi connectivity index (χ1n) is 9.65. The summed E-state index contributed by atoms with van der Waals surface area (Å²) in [5.41, 5.74) is 1.97. The number of aryl methyl sites for hydroxylation is 1. The predicted molar refractivity (Wildman–Crippen MR) is 107 cm³/mol. The summed E-state index contributed by atoms with van der Waals surface area (Å²) in [7, 11) is 0. The molecule has 0 atom stereocenters. The fourth-order valence-corrected chi connectivity index (χ4v) is 3.33. The van der Waals surface area contributed by atoms with Crippen LogP contribution >= 0.6 is 0 Å². The number of amides is 3. The van der Waals surface area contributed by atoms with Crippen LogP contribution in [0.3, 0.4) is 0 Å². The Bertz CT molecular complexity index is 726. The maximum absolute atomic E-state index is 12.3. The Morgan fingerprint density at radius 2 is 1.56 bits per heavy atom. The second-order valence-electron chi connectivity index (χ2n) is 6.92. The number of rotatable bonds is 6. The Hall–Kier alpha value is -2.82. The van der Waals surface area contributed by atoms with Gasteiger partial charge in [-0.3, -0.25) is 4.79 Å². The topological polar surface area (TPSA) is 61.4 Å². The van der Waals surface area contributed by atoms with Crippen LogP contribution in [0.5, 0.6) is 0 Å². The van der Waals surface area contributed by atoms with Gasteiger partial charge in [-0.05, 0) is 43.4 Å². The molecule has 0 aromatic heterocycles. The van der Waals surface area contributed by atoms with E-state index in [0.717, 1.165) is 25.7 Å². The number of likely N-dealkylation sites (tertiary alicyclic amines) is 1. The van der Waals surface area contributed by atoms with Gasteiger partial charge in [-0.2, -0.15) is 0 Å². The van der Waals surface area contributed by atoms with Gasteiger partial charge >= 0.3 is 6.03 Å². The molecule has 0 saturated carbocycles. The van der Waals surface area contributed by atoms with Crippen LogP contribution in [0.25, 0.3) is 0 Å². The third-order valence-corrected chi connectivity index (χ3v) is 4.91. The summed E-state index contributed by atoms with van der Waals surface area (Å²) in [5, 5.41) is 6.07. The maximum atomic E-state index is 12.3. The Morgan fingerprint density at radius 1 is 0.926 bits per heavy atom. The smallest absolute Gasteiger partial charge is 0.317 e. The molecule has 1 aliphatic heterocycles. The largest absolute Gasteiger partial charge is 0.349 e. The SMILES string of the molecule is O=C(NC1CCN(C(=O)NCCCc2ccccc2)CC1)c1ccccc1. The molecule has 0 unspecified atom stereocenters. The van der Waals surface area contributed by atoms with Crippen LogP contribution < -0.4 is 10.6 Å². The molecule has 0 spiro atoms. The van der Waals surface area contributed by atoms with E-state index in [0.29, 0.717) is 25.2 Å². The van der Waals surface area contributed by atoms with Crippen molar-refractivity contribution in [2.75, 3.05) is 19.6 Å². The predicted octanol–water partition coefficient (Wildman–Crippen LogP) is 3.22. The number of hydrogen-bond acceptors (Lipinski definition) is 2. The van der Waals surface area contributed by atoms with E-state index in [1.54, 1.807) is 0 Å². The van der Waals surface area contributed by atoms with Crippen LogP contribution in [0, 0.1) is 0 Å². The zero-order chi connectivity index (χ0) is 18.9. The van der Waals surface area contributed by atoms with E-state index in [2.05, 4.69) is 22.8 Å². The minimum Gasteiger partial charge on any atom is -0.349 e. The van der Waals surface area contributed by atoms with Gasteiger partial charge in [-0.25, -0.2) is 4.79 Å². The van der Waals surface area contributed by atoms with Crippen molar-refractivity contribution in [2.24, 2.45) is 0 Å². The summed E-state index contributed by atoms with van der Waals surface area (Å²) >= 11 is 0. The van der Waals surface area contributed by atoms with Gasteiger partial charge in [-0.1, -0.05) is 48.5 Å². The maximum Gasteiger partial charge on any atom is 0.317 e. The number of urea groups is 1. The summed E-state index contributed by atoms with van der Waals surface area (Å²) in [6.45, 7) is 2.02. The number of nitrogens with one attached hydrogen (secondary N) is 2. The van der Waals surface area contributed by atoms with Crippen molar-refractivity contribution < 1.29 is 9.59 Å². The van der Waals surface area contributed by atoms with E-state index in [1.165, 1.54) is 5.56 Å². The highest BCUT2D eigenvalue weighted by Crippen LogP contribution is 2.11. The zero-order valence-corrected chi connectivity index (χ0v) is 15.6. The van der Waals surface area contributed by atoms with Crippen LogP contribution in [-0.4, -0.2) is 42.5 Å². The number of nitrogens with zero attached hydrogens (tertiary/aromatic N) is 1. The summed E-state index contributed by atoms with van der Waals surface area (Å²) in [5.74, 6) is -0.0422. The van der Waals surface area contributed by atoms with Gasteiger partial charge in [0.05, 0.1) is 0 Å². The third-order valence-electron chi connectivity index (χ3n) is 4.91. The molecule has 3 amide bonds. The van der Waals surface area contributed by atoms with Gasteiger partial charge in [0.1, 0.15) is 0 Å². The average Bonchev–Trinajstić information content (AvgIpc) is 2.73. The Labute approximate surface area is 160 Å². The molecule has 5 nitrogen and oxygen atoms in total. The lowest BCUT2D eigenvalue weighted by Crippen LogP contribution is -2.49. The van der Waals surface area contributed by atoms with Crippen LogP contribution in [0.1, 0.15) is 35.2 Å². The highest BCUT2D eigenvalue weighted by molar-refractivity contribution is 5.94. The second-order valence-corrected chi connectivity index (χ2v) is 6.92. The lowest BCUT2D eigenvalue weighted by molar-refractivity contribution is 0.0918. The minimum absolute atomic E-state index is 0.00380. The van der Waals surface area contributed by atoms with E-state index in [9.17, 15) is 9.59 Å². The molecule has 1 heterocycles.